The summed E-state index contributed by atoms with van der Waals surface area (Å²) >= 11 is 3.71. The molecule has 270 valence electrons. The number of pyridine rings is 1. The molecule has 0 spiro atoms. The molecule has 0 saturated carbocycles. The van der Waals surface area contributed by atoms with E-state index in [0.29, 0.717) is 5.82 Å². The summed E-state index contributed by atoms with van der Waals surface area (Å²) in [5.41, 5.74) is 10.5. The van der Waals surface area contributed by atoms with Crippen molar-refractivity contribution in [3.05, 3.63) is 188 Å². The SMILES string of the molecule is c1ccc(-c2nc(-c3ccc(-c4cccc5c4sc4c5ccc5c(-c6ccccc6)nc6ccccc6c54)cc3)cc(-c3cccc4sc5ccccc5c34)n2)cc1. The number of para-hydroxylation sites is 1. The van der Waals surface area contributed by atoms with Crippen LogP contribution in [0.4, 0.5) is 0 Å². The zero-order valence-corrected chi connectivity index (χ0v) is 32.7. The Bertz CT molecular complexity index is 3550. The summed E-state index contributed by atoms with van der Waals surface area (Å²) in [4.78, 5) is 15.6. The van der Waals surface area contributed by atoms with Gasteiger partial charge in [-0.25, -0.2) is 15.0 Å². The number of hydrogen-bond acceptors (Lipinski definition) is 5. The lowest BCUT2D eigenvalue weighted by Gasteiger charge is -2.11. The summed E-state index contributed by atoms with van der Waals surface area (Å²) in [6.45, 7) is 0. The molecule has 0 saturated heterocycles. The minimum absolute atomic E-state index is 0.717. The highest BCUT2D eigenvalue weighted by Crippen LogP contribution is 2.46. The van der Waals surface area contributed by atoms with E-state index in [9.17, 15) is 0 Å². The second-order valence-corrected chi connectivity index (χ2v) is 16.8. The Hall–Kier alpha value is -7.05. The third-order valence-corrected chi connectivity index (χ3v) is 13.7. The molecule has 12 rings (SSSR count). The average Bonchev–Trinajstić information content (AvgIpc) is 3.88. The number of aromatic nitrogens is 3. The van der Waals surface area contributed by atoms with Gasteiger partial charge in [0.1, 0.15) is 0 Å². The van der Waals surface area contributed by atoms with Crippen LogP contribution in [0.2, 0.25) is 0 Å². The first-order valence-electron chi connectivity index (χ1n) is 19.4. The molecule has 0 amide bonds. The van der Waals surface area contributed by atoms with Crippen LogP contribution >= 0.6 is 22.7 Å². The minimum Gasteiger partial charge on any atom is -0.247 e. The molecule has 0 aliphatic rings. The van der Waals surface area contributed by atoms with Crippen molar-refractivity contribution in [3.63, 3.8) is 0 Å². The van der Waals surface area contributed by atoms with Crippen molar-refractivity contribution in [1.82, 2.24) is 15.0 Å². The quantitative estimate of drug-likeness (QED) is 0.164. The van der Waals surface area contributed by atoms with Crippen molar-refractivity contribution < 1.29 is 0 Å². The summed E-state index contributed by atoms with van der Waals surface area (Å²) in [5.74, 6) is 0.717. The lowest BCUT2D eigenvalue weighted by atomic mass is 9.97. The van der Waals surface area contributed by atoms with E-state index < -0.39 is 0 Å². The van der Waals surface area contributed by atoms with Gasteiger partial charge in [-0.2, -0.15) is 0 Å². The minimum atomic E-state index is 0.717. The highest BCUT2D eigenvalue weighted by molar-refractivity contribution is 7.27. The van der Waals surface area contributed by atoms with Crippen molar-refractivity contribution in [2.45, 2.75) is 0 Å². The van der Waals surface area contributed by atoms with Crippen LogP contribution in [0.15, 0.2) is 188 Å². The molecule has 0 aliphatic carbocycles. The Kier molecular flexibility index (Phi) is 7.58. The van der Waals surface area contributed by atoms with Crippen LogP contribution in [0.3, 0.4) is 0 Å². The van der Waals surface area contributed by atoms with Gasteiger partial charge in [0.2, 0.25) is 0 Å². The van der Waals surface area contributed by atoms with E-state index in [1.807, 2.05) is 40.9 Å². The van der Waals surface area contributed by atoms with Crippen molar-refractivity contribution >= 4 is 84.7 Å². The smallest absolute Gasteiger partial charge is 0.160 e. The average molecular weight is 774 g/mol. The number of thiophene rings is 2. The van der Waals surface area contributed by atoms with E-state index >= 15 is 0 Å². The lowest BCUT2D eigenvalue weighted by Crippen LogP contribution is -1.96. The molecule has 8 aromatic carbocycles. The van der Waals surface area contributed by atoms with E-state index in [1.165, 1.54) is 67.6 Å². The number of rotatable bonds is 5. The van der Waals surface area contributed by atoms with Gasteiger partial charge < -0.3 is 0 Å². The standard InChI is InChI=1S/C53H31N3S2/c1-3-13-34(14-4-1)50-42-30-29-38-37-20-11-19-36(51(37)58-52(38)49(42)39-17-7-9-22-43(39)54-50)32-25-27-33(28-26-32)44-31-45(56-53(55-44)35-15-5-2-6-16-35)40-21-12-24-47-48(40)41-18-8-10-23-46(41)57-47/h1-31H. The zero-order chi connectivity index (χ0) is 38.2. The highest BCUT2D eigenvalue weighted by Gasteiger charge is 2.19. The molecule has 0 atom stereocenters. The van der Waals surface area contributed by atoms with Crippen LogP contribution in [0.5, 0.6) is 0 Å². The molecule has 4 heterocycles. The van der Waals surface area contributed by atoms with E-state index in [0.717, 1.165) is 44.9 Å². The third kappa shape index (κ3) is 5.28. The third-order valence-electron chi connectivity index (χ3n) is 11.3. The fourth-order valence-corrected chi connectivity index (χ4v) is 11.1. The molecule has 3 nitrogen and oxygen atoms in total. The predicted octanol–water partition coefficient (Wildman–Crippen LogP) is 15.2. The van der Waals surface area contributed by atoms with Gasteiger partial charge >= 0.3 is 0 Å². The maximum absolute atomic E-state index is 5.21. The highest BCUT2D eigenvalue weighted by atomic mass is 32.1. The second-order valence-electron chi connectivity index (χ2n) is 14.7. The largest absolute Gasteiger partial charge is 0.247 e. The van der Waals surface area contributed by atoms with Crippen LogP contribution in [0.25, 0.3) is 118 Å². The van der Waals surface area contributed by atoms with Gasteiger partial charge in [-0.1, -0.05) is 164 Å². The van der Waals surface area contributed by atoms with Gasteiger partial charge in [0.25, 0.3) is 0 Å². The molecule has 0 radical (unpaired) electrons. The van der Waals surface area contributed by atoms with E-state index in [-0.39, 0.29) is 0 Å². The van der Waals surface area contributed by atoms with Crippen LogP contribution in [-0.4, -0.2) is 15.0 Å². The van der Waals surface area contributed by atoms with Crippen molar-refractivity contribution in [1.29, 1.82) is 0 Å². The molecular weight excluding hydrogens is 743 g/mol. The molecule has 12 aromatic rings. The van der Waals surface area contributed by atoms with Gasteiger partial charge in [0.15, 0.2) is 5.82 Å². The van der Waals surface area contributed by atoms with Gasteiger partial charge in [0, 0.05) is 78.8 Å². The molecule has 0 fully saturated rings. The first-order chi connectivity index (χ1) is 28.7. The van der Waals surface area contributed by atoms with Gasteiger partial charge in [-0.15, -0.1) is 22.7 Å². The maximum atomic E-state index is 5.21. The number of benzene rings is 8. The second kappa shape index (κ2) is 13.3. The molecule has 4 aromatic heterocycles. The summed E-state index contributed by atoms with van der Waals surface area (Å²) < 4.78 is 5.12. The van der Waals surface area contributed by atoms with Gasteiger partial charge in [-0.3, -0.25) is 0 Å². The van der Waals surface area contributed by atoms with E-state index in [2.05, 4.69) is 170 Å². The van der Waals surface area contributed by atoms with Crippen LogP contribution in [-0.2, 0) is 0 Å². The summed E-state index contributed by atoms with van der Waals surface area (Å²) in [6.07, 6.45) is 0. The molecular formula is C53H31N3S2. The Labute approximate surface area is 342 Å². The van der Waals surface area contributed by atoms with Crippen molar-refractivity contribution in [2.24, 2.45) is 0 Å². The van der Waals surface area contributed by atoms with Crippen LogP contribution in [0, 0.1) is 0 Å². The molecule has 58 heavy (non-hydrogen) atoms. The normalized spacial score (nSPS) is 11.8. The Morgan fingerprint density at radius 2 is 0.948 bits per heavy atom. The number of nitrogens with zero attached hydrogens (tertiary/aromatic N) is 3. The number of fused-ring (bicyclic) bond motifs is 10. The van der Waals surface area contributed by atoms with Crippen molar-refractivity contribution in [2.75, 3.05) is 0 Å². The fraction of sp³-hybridized carbons (Fsp3) is 0. The summed E-state index contributed by atoms with van der Waals surface area (Å²) in [5, 5.41) is 8.68. The van der Waals surface area contributed by atoms with E-state index in [4.69, 9.17) is 15.0 Å². The molecule has 5 heteroatoms. The molecule has 0 bridgehead atoms. The van der Waals surface area contributed by atoms with Crippen molar-refractivity contribution in [3.8, 4) is 56.3 Å². The predicted molar refractivity (Wildman–Crippen MR) is 248 cm³/mol. The molecule has 0 aliphatic heterocycles. The first-order valence-corrected chi connectivity index (χ1v) is 21.1. The summed E-state index contributed by atoms with van der Waals surface area (Å²) in [6, 6.07) is 67.0. The van der Waals surface area contributed by atoms with Crippen LogP contribution in [0.1, 0.15) is 0 Å². The summed E-state index contributed by atoms with van der Waals surface area (Å²) in [7, 11) is 0. The molecule has 0 unspecified atom stereocenters. The maximum Gasteiger partial charge on any atom is 0.160 e. The Balaban J connectivity index is 1.01. The zero-order valence-electron chi connectivity index (χ0n) is 31.1. The van der Waals surface area contributed by atoms with Crippen LogP contribution < -0.4 is 0 Å². The molecule has 0 N–H and O–H groups in total. The topological polar surface area (TPSA) is 38.7 Å². The first kappa shape index (κ1) is 33.1. The Morgan fingerprint density at radius 3 is 1.79 bits per heavy atom. The fourth-order valence-electron chi connectivity index (χ4n) is 8.59. The van der Waals surface area contributed by atoms with E-state index in [1.54, 1.807) is 0 Å². The van der Waals surface area contributed by atoms with Gasteiger partial charge in [-0.05, 0) is 35.4 Å². The number of hydrogen-bond donors (Lipinski definition) is 0. The van der Waals surface area contributed by atoms with Gasteiger partial charge in [0.05, 0.1) is 22.6 Å². The Morgan fingerprint density at radius 1 is 0.328 bits per heavy atom. The monoisotopic (exact) mass is 773 g/mol. The lowest BCUT2D eigenvalue weighted by molar-refractivity contribution is 1.19.